The number of carbonyl (C=O) groups is 1. The molecule has 4 heteroatoms. The van der Waals surface area contributed by atoms with Gasteiger partial charge in [0.15, 0.2) is 0 Å². The Bertz CT molecular complexity index is 343. The van der Waals surface area contributed by atoms with E-state index in [4.69, 9.17) is 4.74 Å². The average Bonchev–Trinajstić information content (AvgIpc) is 2.44. The number of rotatable bonds is 7. The minimum atomic E-state index is 0.143. The fourth-order valence-electron chi connectivity index (χ4n) is 3.59. The van der Waals surface area contributed by atoms with Crippen molar-refractivity contribution >= 4 is 5.91 Å². The maximum atomic E-state index is 12.0. The summed E-state index contributed by atoms with van der Waals surface area (Å²) >= 11 is 0. The van der Waals surface area contributed by atoms with E-state index in [0.29, 0.717) is 18.1 Å². The van der Waals surface area contributed by atoms with Gasteiger partial charge >= 0.3 is 0 Å². The summed E-state index contributed by atoms with van der Waals surface area (Å²) in [4.78, 5) is 16.5. The molecule has 0 aromatic rings. The number of piperidine rings is 1. The van der Waals surface area contributed by atoms with E-state index in [0.717, 1.165) is 32.1 Å². The summed E-state index contributed by atoms with van der Waals surface area (Å²) in [5.74, 6) is 1.29. The molecule has 22 heavy (non-hydrogen) atoms. The molecule has 2 rings (SSSR count). The van der Waals surface area contributed by atoms with Crippen LogP contribution in [0.3, 0.4) is 0 Å². The Hall–Kier alpha value is -0.610. The second kappa shape index (κ2) is 8.30. The van der Waals surface area contributed by atoms with E-state index in [1.807, 2.05) is 13.8 Å². The van der Waals surface area contributed by atoms with Crippen LogP contribution in [0.2, 0.25) is 0 Å². The van der Waals surface area contributed by atoms with E-state index < -0.39 is 0 Å². The van der Waals surface area contributed by atoms with Crippen molar-refractivity contribution in [1.29, 1.82) is 0 Å². The number of hydrogen-bond acceptors (Lipinski definition) is 3. The maximum Gasteiger partial charge on any atom is 0.225 e. The van der Waals surface area contributed by atoms with Gasteiger partial charge in [0.1, 0.15) is 0 Å². The smallest absolute Gasteiger partial charge is 0.225 e. The Labute approximate surface area is 136 Å². The molecule has 0 saturated carbocycles. The van der Waals surface area contributed by atoms with Crippen LogP contribution in [0.25, 0.3) is 0 Å². The first-order valence-corrected chi connectivity index (χ1v) is 9.12. The van der Waals surface area contributed by atoms with Crippen molar-refractivity contribution in [2.75, 3.05) is 32.7 Å². The van der Waals surface area contributed by atoms with Gasteiger partial charge in [-0.1, -0.05) is 13.8 Å². The van der Waals surface area contributed by atoms with Gasteiger partial charge in [0, 0.05) is 32.1 Å². The molecule has 0 atom stereocenters. The van der Waals surface area contributed by atoms with Crippen LogP contribution in [-0.2, 0) is 9.53 Å². The third kappa shape index (κ3) is 5.24. The fraction of sp³-hybridized carbons (Fsp3) is 0.944. The summed E-state index contributed by atoms with van der Waals surface area (Å²) in [5.41, 5.74) is 0. The fourth-order valence-corrected chi connectivity index (χ4v) is 3.59. The van der Waals surface area contributed by atoms with Gasteiger partial charge in [-0.25, -0.2) is 0 Å². The highest BCUT2D eigenvalue weighted by Gasteiger charge is 2.28. The molecule has 1 amide bonds. The molecule has 0 bridgehead atoms. The van der Waals surface area contributed by atoms with Gasteiger partial charge in [-0.3, -0.25) is 9.69 Å². The van der Waals surface area contributed by atoms with E-state index >= 15 is 0 Å². The Morgan fingerprint density at radius 3 is 2.32 bits per heavy atom. The van der Waals surface area contributed by atoms with Crippen molar-refractivity contribution in [3.05, 3.63) is 0 Å². The Kier molecular flexibility index (Phi) is 6.69. The maximum absolute atomic E-state index is 12.0. The number of likely N-dealkylation sites (tertiary alicyclic amines) is 2. The molecule has 0 aromatic heterocycles. The molecule has 0 spiro atoms. The topological polar surface area (TPSA) is 32.8 Å². The molecule has 0 aromatic carbocycles. The minimum absolute atomic E-state index is 0.143. The zero-order valence-corrected chi connectivity index (χ0v) is 14.9. The molecule has 4 nitrogen and oxygen atoms in total. The highest BCUT2D eigenvalue weighted by molar-refractivity contribution is 5.78. The normalized spacial score (nSPS) is 21.6. The Balaban J connectivity index is 1.52. The van der Waals surface area contributed by atoms with E-state index in [2.05, 4.69) is 23.6 Å². The lowest BCUT2D eigenvalue weighted by Gasteiger charge is -2.40. The molecule has 0 aliphatic carbocycles. The van der Waals surface area contributed by atoms with Gasteiger partial charge in [-0.05, 0) is 52.0 Å². The van der Waals surface area contributed by atoms with Crippen molar-refractivity contribution in [3.8, 4) is 0 Å². The summed E-state index contributed by atoms with van der Waals surface area (Å²) in [6.45, 7) is 13.6. The molecule has 0 unspecified atom stereocenters. The monoisotopic (exact) mass is 310 g/mol. The number of carbonyl (C=O) groups excluding carboxylic acids is 1. The zero-order valence-electron chi connectivity index (χ0n) is 14.9. The lowest BCUT2D eigenvalue weighted by Crippen LogP contribution is -2.53. The van der Waals surface area contributed by atoms with Crippen LogP contribution in [0.15, 0.2) is 0 Å². The number of hydrogen-bond donors (Lipinski definition) is 0. The van der Waals surface area contributed by atoms with Gasteiger partial charge in [0.05, 0.1) is 12.2 Å². The predicted molar refractivity (Wildman–Crippen MR) is 89.8 cm³/mol. The summed E-state index contributed by atoms with van der Waals surface area (Å²) in [7, 11) is 0. The van der Waals surface area contributed by atoms with Crippen LogP contribution in [0, 0.1) is 11.8 Å². The number of nitrogens with zero attached hydrogens (tertiary/aromatic N) is 2. The molecule has 2 heterocycles. The predicted octanol–water partition coefficient (Wildman–Crippen LogP) is 2.77. The second-order valence-corrected chi connectivity index (χ2v) is 7.63. The van der Waals surface area contributed by atoms with Crippen molar-refractivity contribution in [1.82, 2.24) is 9.80 Å². The molecule has 0 radical (unpaired) electrons. The quantitative estimate of drug-likeness (QED) is 0.725. The van der Waals surface area contributed by atoms with Gasteiger partial charge in [-0.15, -0.1) is 0 Å². The van der Waals surface area contributed by atoms with Crippen LogP contribution in [0.5, 0.6) is 0 Å². The van der Waals surface area contributed by atoms with Gasteiger partial charge < -0.3 is 9.64 Å². The van der Waals surface area contributed by atoms with Gasteiger partial charge in [0.2, 0.25) is 5.91 Å². The largest absolute Gasteiger partial charge is 0.373 e. The highest BCUT2D eigenvalue weighted by atomic mass is 16.5. The third-order valence-electron chi connectivity index (χ3n) is 4.90. The van der Waals surface area contributed by atoms with Crippen molar-refractivity contribution in [2.45, 2.75) is 65.6 Å². The average molecular weight is 310 g/mol. The SMILES string of the molecule is CC(C)OC1CN(CCCC2CCN(C(=O)C(C)C)CC2)C1. The number of ether oxygens (including phenoxy) is 1. The molecule has 2 aliphatic heterocycles. The third-order valence-corrected chi connectivity index (χ3v) is 4.90. The van der Waals surface area contributed by atoms with Crippen molar-refractivity contribution in [2.24, 2.45) is 11.8 Å². The van der Waals surface area contributed by atoms with Crippen molar-refractivity contribution in [3.63, 3.8) is 0 Å². The summed E-state index contributed by atoms with van der Waals surface area (Å²) in [5, 5.41) is 0. The Morgan fingerprint density at radius 1 is 1.14 bits per heavy atom. The molecule has 2 fully saturated rings. The van der Waals surface area contributed by atoms with Crippen LogP contribution in [-0.4, -0.2) is 60.6 Å². The minimum Gasteiger partial charge on any atom is -0.373 e. The van der Waals surface area contributed by atoms with E-state index in [1.165, 1.54) is 32.2 Å². The molecule has 2 saturated heterocycles. The van der Waals surface area contributed by atoms with E-state index in [9.17, 15) is 4.79 Å². The van der Waals surface area contributed by atoms with E-state index in [1.54, 1.807) is 0 Å². The highest BCUT2D eigenvalue weighted by Crippen LogP contribution is 2.24. The van der Waals surface area contributed by atoms with Crippen LogP contribution < -0.4 is 0 Å². The number of amides is 1. The first-order chi connectivity index (χ1) is 10.5. The second-order valence-electron chi connectivity index (χ2n) is 7.63. The zero-order chi connectivity index (χ0) is 16.1. The van der Waals surface area contributed by atoms with Crippen molar-refractivity contribution < 1.29 is 9.53 Å². The molecule has 2 aliphatic rings. The van der Waals surface area contributed by atoms with Gasteiger partial charge in [-0.2, -0.15) is 0 Å². The molecular weight excluding hydrogens is 276 g/mol. The summed E-state index contributed by atoms with van der Waals surface area (Å²) in [6.07, 6.45) is 5.80. The summed E-state index contributed by atoms with van der Waals surface area (Å²) < 4.78 is 5.79. The first-order valence-electron chi connectivity index (χ1n) is 9.12. The van der Waals surface area contributed by atoms with Crippen LogP contribution >= 0.6 is 0 Å². The van der Waals surface area contributed by atoms with Crippen LogP contribution in [0.1, 0.15) is 53.4 Å². The van der Waals surface area contributed by atoms with E-state index in [-0.39, 0.29) is 5.92 Å². The van der Waals surface area contributed by atoms with Crippen LogP contribution in [0.4, 0.5) is 0 Å². The molecule has 0 N–H and O–H groups in total. The standard InChI is InChI=1S/C18H34N2O2/c1-14(2)18(21)20-10-7-16(8-11-20)6-5-9-19-12-17(13-19)22-15(3)4/h14-17H,5-13H2,1-4H3. The lowest BCUT2D eigenvalue weighted by atomic mass is 9.91. The molecular formula is C18H34N2O2. The lowest BCUT2D eigenvalue weighted by molar-refractivity contribution is -0.135. The van der Waals surface area contributed by atoms with Gasteiger partial charge in [0.25, 0.3) is 0 Å². The first kappa shape index (κ1) is 17.7. The Morgan fingerprint density at radius 2 is 1.77 bits per heavy atom. The summed E-state index contributed by atoms with van der Waals surface area (Å²) in [6, 6.07) is 0. The molecule has 128 valence electrons.